The molecule has 0 fully saturated rings. The summed E-state index contributed by atoms with van der Waals surface area (Å²) in [6.45, 7) is 0. The highest BCUT2D eigenvalue weighted by Gasteiger charge is 2.02. The largest absolute Gasteiger partial charge is 0.475 e. The molecule has 0 atom stereocenters. The predicted molar refractivity (Wildman–Crippen MR) is 41.9 cm³/mol. The molecule has 8 heteroatoms. The second-order valence-electron chi connectivity index (χ2n) is 1.61. The van der Waals surface area contributed by atoms with Gasteiger partial charge in [0.25, 0.3) is 0 Å². The first-order valence-corrected chi connectivity index (χ1v) is 2.64. The summed E-state index contributed by atoms with van der Waals surface area (Å²) >= 11 is 0. The third-order valence-corrected chi connectivity index (χ3v) is 0.839. The maximum atomic E-state index is 10.1. The Hall–Kier alpha value is -1.63. The summed E-state index contributed by atoms with van der Waals surface area (Å²) in [6, 6.07) is 0. The molecule has 0 unspecified atom stereocenters. The fraction of sp³-hybridized carbons (Fsp3) is 0. The van der Waals surface area contributed by atoms with Gasteiger partial charge in [-0.1, -0.05) is 0 Å². The molecule has 0 aliphatic heterocycles. The summed E-state index contributed by atoms with van der Waals surface area (Å²) in [7, 11) is 0. The number of carboxylic acid groups (broad SMARTS) is 1. The molecule has 0 spiro atoms. The Morgan fingerprint density at radius 1 is 1.67 bits per heavy atom. The summed E-state index contributed by atoms with van der Waals surface area (Å²) in [6.07, 6.45) is 2.73. The highest BCUT2D eigenvalue weighted by molar-refractivity contribution is 6.33. The van der Waals surface area contributed by atoms with E-state index >= 15 is 0 Å². The third kappa shape index (κ3) is 2.54. The Morgan fingerprint density at radius 2 is 2.33 bits per heavy atom. The van der Waals surface area contributed by atoms with Crippen LogP contribution in [-0.4, -0.2) is 32.0 Å². The molecule has 0 aliphatic carbocycles. The molecule has 7 nitrogen and oxygen atoms in total. The zero-order valence-electron chi connectivity index (χ0n) is 5.78. The van der Waals surface area contributed by atoms with Crippen LogP contribution in [0.2, 0.25) is 0 Å². The lowest BCUT2D eigenvalue weighted by molar-refractivity contribution is -0.129. The van der Waals surface area contributed by atoms with E-state index in [-0.39, 0.29) is 12.4 Å². The van der Waals surface area contributed by atoms with Crippen LogP contribution >= 0.6 is 12.4 Å². The minimum atomic E-state index is -1.29. The lowest BCUT2D eigenvalue weighted by Crippen LogP contribution is -2.24. The SMILES string of the molecule is Cl.N/C(=N\n1ccnn1)C(=O)O. The molecule has 66 valence electrons. The van der Waals surface area contributed by atoms with Gasteiger partial charge in [-0.3, -0.25) is 0 Å². The maximum absolute atomic E-state index is 10.1. The molecule has 0 aromatic carbocycles. The monoisotopic (exact) mass is 191 g/mol. The van der Waals surface area contributed by atoms with Gasteiger partial charge in [0.05, 0.1) is 12.4 Å². The second-order valence-corrected chi connectivity index (χ2v) is 1.61. The van der Waals surface area contributed by atoms with Gasteiger partial charge in [0.15, 0.2) is 0 Å². The Balaban J connectivity index is 0.00000121. The molecular formula is C4H6ClN5O2. The van der Waals surface area contributed by atoms with Crippen molar-refractivity contribution in [1.29, 1.82) is 0 Å². The molecule has 0 radical (unpaired) electrons. The molecule has 1 aromatic heterocycles. The van der Waals surface area contributed by atoms with E-state index in [0.29, 0.717) is 0 Å². The number of aliphatic carboxylic acids is 1. The summed E-state index contributed by atoms with van der Waals surface area (Å²) in [5.74, 6) is -1.82. The highest BCUT2D eigenvalue weighted by atomic mass is 35.5. The standard InChI is InChI=1S/C4H5N5O2.ClH/c5-3(4(10)11)7-9-2-1-6-8-9;/h1-2H,(H2,5,7)(H,10,11);1H. The van der Waals surface area contributed by atoms with Crippen LogP contribution in [0.4, 0.5) is 0 Å². The Kier molecular flexibility index (Phi) is 3.71. The van der Waals surface area contributed by atoms with E-state index in [4.69, 9.17) is 10.8 Å². The van der Waals surface area contributed by atoms with Crippen LogP contribution in [0.15, 0.2) is 17.5 Å². The number of aromatic nitrogens is 3. The molecule has 12 heavy (non-hydrogen) atoms. The van der Waals surface area contributed by atoms with Crippen LogP contribution in [0.3, 0.4) is 0 Å². The average Bonchev–Trinajstić information content (AvgIpc) is 2.39. The van der Waals surface area contributed by atoms with Crippen molar-refractivity contribution in [3.63, 3.8) is 0 Å². The van der Waals surface area contributed by atoms with Crippen molar-refractivity contribution in [1.82, 2.24) is 15.1 Å². The number of amidine groups is 1. The fourth-order valence-corrected chi connectivity index (χ4v) is 0.408. The number of carbonyl (C=O) groups is 1. The Labute approximate surface area is 73.3 Å². The summed E-state index contributed by atoms with van der Waals surface area (Å²) in [5.41, 5.74) is 4.97. The van der Waals surface area contributed by atoms with Gasteiger partial charge in [0.1, 0.15) is 0 Å². The summed E-state index contributed by atoms with van der Waals surface area (Å²) in [4.78, 5) is 11.1. The minimum absolute atomic E-state index is 0. The van der Waals surface area contributed by atoms with Gasteiger partial charge >= 0.3 is 5.97 Å². The molecule has 0 saturated heterocycles. The number of carboxylic acids is 1. The van der Waals surface area contributed by atoms with Gasteiger partial charge in [-0.05, 0) is 5.21 Å². The van der Waals surface area contributed by atoms with Crippen molar-refractivity contribution >= 4 is 24.2 Å². The average molecular weight is 192 g/mol. The van der Waals surface area contributed by atoms with Crippen molar-refractivity contribution in [2.75, 3.05) is 0 Å². The molecule has 1 heterocycles. The van der Waals surface area contributed by atoms with Crippen LogP contribution < -0.4 is 5.73 Å². The smallest absolute Gasteiger partial charge is 0.373 e. The lowest BCUT2D eigenvalue weighted by atomic mass is 10.6. The molecular weight excluding hydrogens is 186 g/mol. The van der Waals surface area contributed by atoms with Crippen molar-refractivity contribution in [2.24, 2.45) is 10.8 Å². The van der Waals surface area contributed by atoms with Gasteiger partial charge < -0.3 is 10.8 Å². The van der Waals surface area contributed by atoms with E-state index in [1.165, 1.54) is 12.4 Å². The van der Waals surface area contributed by atoms with Crippen LogP contribution in [0, 0.1) is 0 Å². The zero-order valence-corrected chi connectivity index (χ0v) is 6.60. The predicted octanol–water partition coefficient (Wildman–Crippen LogP) is -1.10. The van der Waals surface area contributed by atoms with Gasteiger partial charge in [-0.2, -0.15) is 0 Å². The van der Waals surface area contributed by atoms with Crippen molar-refractivity contribution in [3.05, 3.63) is 12.4 Å². The van der Waals surface area contributed by atoms with E-state index in [1.54, 1.807) is 0 Å². The number of nitrogens with two attached hydrogens (primary N) is 1. The first-order chi connectivity index (χ1) is 5.20. The number of hydrogen-bond donors (Lipinski definition) is 2. The fourth-order valence-electron chi connectivity index (χ4n) is 0.408. The van der Waals surface area contributed by atoms with E-state index in [2.05, 4.69) is 15.4 Å². The Bertz CT molecular complexity index is 282. The van der Waals surface area contributed by atoms with Crippen LogP contribution in [-0.2, 0) is 4.79 Å². The minimum Gasteiger partial charge on any atom is -0.475 e. The summed E-state index contributed by atoms with van der Waals surface area (Å²) < 4.78 is 0. The quantitative estimate of drug-likeness (QED) is 0.433. The number of rotatable bonds is 1. The molecule has 1 rings (SSSR count). The number of halogens is 1. The van der Waals surface area contributed by atoms with Gasteiger partial charge in [-0.25, -0.2) is 4.79 Å². The molecule has 0 bridgehead atoms. The highest BCUT2D eigenvalue weighted by Crippen LogP contribution is 1.78. The lowest BCUT2D eigenvalue weighted by Gasteiger charge is -1.90. The van der Waals surface area contributed by atoms with E-state index < -0.39 is 11.8 Å². The zero-order chi connectivity index (χ0) is 8.27. The normalized spacial score (nSPS) is 10.5. The van der Waals surface area contributed by atoms with Crippen molar-refractivity contribution in [3.8, 4) is 0 Å². The van der Waals surface area contributed by atoms with Crippen molar-refractivity contribution < 1.29 is 9.90 Å². The Morgan fingerprint density at radius 3 is 2.75 bits per heavy atom. The van der Waals surface area contributed by atoms with Crippen LogP contribution in [0.1, 0.15) is 0 Å². The summed E-state index contributed by atoms with van der Waals surface area (Å²) in [5, 5.41) is 18.4. The second kappa shape index (κ2) is 4.29. The third-order valence-electron chi connectivity index (χ3n) is 0.839. The van der Waals surface area contributed by atoms with E-state index in [9.17, 15) is 4.79 Å². The van der Waals surface area contributed by atoms with Crippen molar-refractivity contribution in [2.45, 2.75) is 0 Å². The van der Waals surface area contributed by atoms with Gasteiger partial charge in [0, 0.05) is 0 Å². The van der Waals surface area contributed by atoms with E-state index in [0.717, 1.165) is 4.79 Å². The molecule has 3 N–H and O–H groups in total. The molecule has 0 saturated carbocycles. The van der Waals surface area contributed by atoms with Crippen LogP contribution in [0.5, 0.6) is 0 Å². The maximum Gasteiger partial charge on any atom is 0.373 e. The molecule has 0 aliphatic rings. The number of hydrogen-bond acceptors (Lipinski definition) is 4. The molecule has 1 aromatic rings. The first kappa shape index (κ1) is 10.4. The van der Waals surface area contributed by atoms with Crippen LogP contribution in [0.25, 0.3) is 0 Å². The van der Waals surface area contributed by atoms with E-state index in [1.807, 2.05) is 0 Å². The molecule has 0 amide bonds. The van der Waals surface area contributed by atoms with Gasteiger partial charge in [0.2, 0.25) is 5.84 Å². The van der Waals surface area contributed by atoms with Gasteiger partial charge in [-0.15, -0.1) is 27.4 Å². The topological polar surface area (TPSA) is 106 Å². The first-order valence-electron chi connectivity index (χ1n) is 2.64. The number of nitrogens with zero attached hydrogens (tertiary/aromatic N) is 4.